The number of thiophene rings is 1. The van der Waals surface area contributed by atoms with Crippen LogP contribution in [0.5, 0.6) is 0 Å². The molecule has 0 aliphatic rings. The zero-order chi connectivity index (χ0) is 23.3. The lowest BCUT2D eigenvalue weighted by Crippen LogP contribution is -2.40. The van der Waals surface area contributed by atoms with E-state index in [2.05, 4.69) is 10.6 Å². The van der Waals surface area contributed by atoms with Gasteiger partial charge in [0.15, 0.2) is 6.61 Å². The van der Waals surface area contributed by atoms with E-state index in [1.165, 1.54) is 16.2 Å². The molecule has 0 aliphatic heterocycles. The number of carbonyl (C=O) groups is 4. The van der Waals surface area contributed by atoms with Crippen molar-refractivity contribution < 1.29 is 23.9 Å². The van der Waals surface area contributed by atoms with Gasteiger partial charge in [-0.25, -0.2) is 0 Å². The van der Waals surface area contributed by atoms with Crippen molar-refractivity contribution in [2.24, 2.45) is 0 Å². The Balaban J connectivity index is 1.70. The summed E-state index contributed by atoms with van der Waals surface area (Å²) in [5.74, 6) is -1.45. The number of rotatable bonds is 12. The van der Waals surface area contributed by atoms with E-state index in [1.54, 1.807) is 17.5 Å². The molecule has 9 heteroatoms. The van der Waals surface area contributed by atoms with Gasteiger partial charge in [-0.05, 0) is 42.8 Å². The van der Waals surface area contributed by atoms with E-state index in [0.717, 1.165) is 5.56 Å². The second-order valence-electron chi connectivity index (χ2n) is 7.21. The Labute approximate surface area is 191 Å². The first-order valence-electron chi connectivity index (χ1n) is 10.5. The standard InChI is InChI=1S/C23H29N3O5S/c1-3-12-26(14-20(27)25-19-8-5-4-7-17(19)2)21(28)15-31-22(29)9-6-11-24-23(30)18-10-13-32-16-18/h4-5,7-8,10,13,16H,3,6,9,11-12,14-15H2,1-2H3,(H,24,30)(H,25,27). The SMILES string of the molecule is CCCN(CC(=O)Nc1ccccc1C)C(=O)COC(=O)CCCNC(=O)c1ccsc1. The van der Waals surface area contributed by atoms with Gasteiger partial charge in [0.2, 0.25) is 5.91 Å². The molecule has 0 saturated carbocycles. The van der Waals surface area contributed by atoms with Crippen LogP contribution in [0.3, 0.4) is 0 Å². The molecule has 2 rings (SSSR count). The van der Waals surface area contributed by atoms with Crippen molar-refractivity contribution in [2.45, 2.75) is 33.1 Å². The molecule has 1 heterocycles. The number of aryl methyl sites for hydroxylation is 1. The van der Waals surface area contributed by atoms with Crippen molar-refractivity contribution in [3.63, 3.8) is 0 Å². The van der Waals surface area contributed by atoms with Crippen LogP contribution in [0, 0.1) is 6.92 Å². The smallest absolute Gasteiger partial charge is 0.306 e. The third kappa shape index (κ3) is 8.50. The number of amides is 3. The normalized spacial score (nSPS) is 10.3. The number of hydrogen-bond acceptors (Lipinski definition) is 6. The minimum Gasteiger partial charge on any atom is -0.456 e. The molecule has 8 nitrogen and oxygen atoms in total. The fourth-order valence-electron chi connectivity index (χ4n) is 2.87. The van der Waals surface area contributed by atoms with Gasteiger partial charge < -0.3 is 20.3 Å². The Morgan fingerprint density at radius 3 is 2.59 bits per heavy atom. The molecule has 0 unspecified atom stereocenters. The molecule has 0 radical (unpaired) electrons. The Morgan fingerprint density at radius 1 is 1.12 bits per heavy atom. The molecule has 0 aliphatic carbocycles. The average molecular weight is 460 g/mol. The summed E-state index contributed by atoms with van der Waals surface area (Å²) in [6, 6.07) is 9.11. The Kier molecular flexibility index (Phi) is 10.4. The van der Waals surface area contributed by atoms with Crippen LogP contribution in [-0.2, 0) is 19.1 Å². The van der Waals surface area contributed by atoms with Crippen molar-refractivity contribution in [3.8, 4) is 0 Å². The van der Waals surface area contributed by atoms with Crippen LogP contribution in [0.1, 0.15) is 42.1 Å². The van der Waals surface area contributed by atoms with Gasteiger partial charge in [0.1, 0.15) is 0 Å². The number of benzene rings is 1. The van der Waals surface area contributed by atoms with Gasteiger partial charge in [0.25, 0.3) is 11.8 Å². The van der Waals surface area contributed by atoms with Crippen LogP contribution >= 0.6 is 11.3 Å². The van der Waals surface area contributed by atoms with E-state index in [4.69, 9.17) is 4.74 Å². The Hall–Kier alpha value is -3.20. The molecule has 3 amide bonds. The van der Waals surface area contributed by atoms with Crippen LogP contribution in [-0.4, -0.2) is 54.8 Å². The number of ether oxygens (including phenoxy) is 1. The second-order valence-corrected chi connectivity index (χ2v) is 7.99. The maximum atomic E-state index is 12.5. The lowest BCUT2D eigenvalue weighted by Gasteiger charge is -2.21. The molecule has 172 valence electrons. The molecule has 1 aromatic heterocycles. The number of anilines is 1. The van der Waals surface area contributed by atoms with E-state index in [9.17, 15) is 19.2 Å². The predicted molar refractivity (Wildman–Crippen MR) is 124 cm³/mol. The summed E-state index contributed by atoms with van der Waals surface area (Å²) in [4.78, 5) is 49.9. The number of carbonyl (C=O) groups excluding carboxylic acids is 4. The lowest BCUT2D eigenvalue weighted by molar-refractivity contribution is -0.152. The maximum Gasteiger partial charge on any atom is 0.306 e. The maximum absolute atomic E-state index is 12.5. The van der Waals surface area contributed by atoms with Crippen molar-refractivity contribution in [3.05, 3.63) is 52.2 Å². The van der Waals surface area contributed by atoms with Crippen LogP contribution in [0.2, 0.25) is 0 Å². The number of nitrogens with one attached hydrogen (secondary N) is 2. The minimum atomic E-state index is -0.524. The van der Waals surface area contributed by atoms with Crippen molar-refractivity contribution in [1.29, 1.82) is 0 Å². The highest BCUT2D eigenvalue weighted by atomic mass is 32.1. The van der Waals surface area contributed by atoms with Gasteiger partial charge in [-0.2, -0.15) is 11.3 Å². The van der Waals surface area contributed by atoms with Crippen molar-refractivity contribution >= 4 is 40.7 Å². The van der Waals surface area contributed by atoms with E-state index < -0.39 is 18.5 Å². The molecule has 0 atom stereocenters. The monoisotopic (exact) mass is 459 g/mol. The number of nitrogens with zero attached hydrogens (tertiary/aromatic N) is 1. The largest absolute Gasteiger partial charge is 0.456 e. The fourth-order valence-corrected chi connectivity index (χ4v) is 3.51. The third-order valence-electron chi connectivity index (χ3n) is 4.58. The predicted octanol–water partition coefficient (Wildman–Crippen LogP) is 2.99. The highest BCUT2D eigenvalue weighted by Gasteiger charge is 2.18. The van der Waals surface area contributed by atoms with Gasteiger partial charge in [-0.1, -0.05) is 25.1 Å². The van der Waals surface area contributed by atoms with Gasteiger partial charge >= 0.3 is 5.97 Å². The van der Waals surface area contributed by atoms with Gasteiger partial charge in [-0.15, -0.1) is 0 Å². The van der Waals surface area contributed by atoms with Crippen LogP contribution in [0.15, 0.2) is 41.1 Å². The van der Waals surface area contributed by atoms with E-state index >= 15 is 0 Å². The first kappa shape index (κ1) is 25.1. The molecule has 1 aromatic carbocycles. The molecule has 32 heavy (non-hydrogen) atoms. The summed E-state index contributed by atoms with van der Waals surface area (Å²) in [7, 11) is 0. The number of para-hydroxylation sites is 1. The van der Waals surface area contributed by atoms with Crippen LogP contribution < -0.4 is 10.6 Å². The molecule has 2 aromatic rings. The molecular weight excluding hydrogens is 430 g/mol. The highest BCUT2D eigenvalue weighted by Crippen LogP contribution is 2.13. The average Bonchev–Trinajstić information content (AvgIpc) is 3.31. The number of hydrogen-bond donors (Lipinski definition) is 2. The fraction of sp³-hybridized carbons (Fsp3) is 0.391. The summed E-state index contributed by atoms with van der Waals surface area (Å²) in [5, 5.41) is 9.09. The second kappa shape index (κ2) is 13.3. The third-order valence-corrected chi connectivity index (χ3v) is 5.27. The first-order chi connectivity index (χ1) is 15.4. The van der Waals surface area contributed by atoms with Gasteiger partial charge in [0, 0.05) is 36.1 Å². The Bertz CT molecular complexity index is 914. The lowest BCUT2D eigenvalue weighted by atomic mass is 10.2. The van der Waals surface area contributed by atoms with Crippen molar-refractivity contribution in [2.75, 3.05) is 31.6 Å². The molecular formula is C23H29N3O5S. The van der Waals surface area contributed by atoms with E-state index in [0.29, 0.717) is 37.2 Å². The van der Waals surface area contributed by atoms with Crippen LogP contribution in [0.25, 0.3) is 0 Å². The van der Waals surface area contributed by atoms with E-state index in [-0.39, 0.29) is 24.8 Å². The Morgan fingerprint density at radius 2 is 1.91 bits per heavy atom. The molecule has 2 N–H and O–H groups in total. The first-order valence-corrected chi connectivity index (χ1v) is 11.4. The summed E-state index contributed by atoms with van der Waals surface area (Å²) in [6.45, 7) is 3.96. The van der Waals surface area contributed by atoms with Crippen LogP contribution in [0.4, 0.5) is 5.69 Å². The molecule has 0 fully saturated rings. The summed E-state index contributed by atoms with van der Waals surface area (Å²) in [5.41, 5.74) is 2.21. The zero-order valence-electron chi connectivity index (χ0n) is 18.4. The van der Waals surface area contributed by atoms with Gasteiger partial charge in [0.05, 0.1) is 6.54 Å². The molecule has 0 bridgehead atoms. The van der Waals surface area contributed by atoms with Gasteiger partial charge in [-0.3, -0.25) is 19.2 Å². The van der Waals surface area contributed by atoms with Crippen molar-refractivity contribution in [1.82, 2.24) is 10.2 Å². The highest BCUT2D eigenvalue weighted by molar-refractivity contribution is 7.08. The summed E-state index contributed by atoms with van der Waals surface area (Å²) < 4.78 is 5.06. The summed E-state index contributed by atoms with van der Waals surface area (Å²) >= 11 is 1.44. The van der Waals surface area contributed by atoms with E-state index in [1.807, 2.05) is 37.4 Å². The molecule has 0 saturated heterocycles. The quantitative estimate of drug-likeness (QED) is 0.375. The number of esters is 1. The summed E-state index contributed by atoms with van der Waals surface area (Å²) in [6.07, 6.45) is 1.15. The minimum absolute atomic E-state index is 0.0821. The topological polar surface area (TPSA) is 105 Å². The zero-order valence-corrected chi connectivity index (χ0v) is 19.2. The molecule has 0 spiro atoms.